The summed E-state index contributed by atoms with van der Waals surface area (Å²) in [5.74, 6) is 1.21. The van der Waals surface area contributed by atoms with Crippen LogP contribution >= 0.6 is 0 Å². The SMILES string of the molecule is NCC1CCCCCC1S(=O)CC1CCCO1. The van der Waals surface area contributed by atoms with Crippen LogP contribution in [0, 0.1) is 5.92 Å². The number of rotatable bonds is 4. The first-order valence-corrected chi connectivity index (χ1v) is 8.38. The molecule has 0 radical (unpaired) electrons. The van der Waals surface area contributed by atoms with Crippen molar-refractivity contribution in [3.63, 3.8) is 0 Å². The van der Waals surface area contributed by atoms with Crippen molar-refractivity contribution in [3.8, 4) is 0 Å². The molecule has 0 aromatic carbocycles. The fourth-order valence-electron chi connectivity index (χ4n) is 3.05. The highest BCUT2D eigenvalue weighted by Crippen LogP contribution is 2.28. The summed E-state index contributed by atoms with van der Waals surface area (Å²) in [7, 11) is -0.742. The molecule has 3 nitrogen and oxygen atoms in total. The van der Waals surface area contributed by atoms with Crippen LogP contribution in [-0.2, 0) is 15.5 Å². The maximum absolute atomic E-state index is 12.5. The lowest BCUT2D eigenvalue weighted by Crippen LogP contribution is -2.34. The molecule has 1 aliphatic carbocycles. The van der Waals surface area contributed by atoms with E-state index in [9.17, 15) is 4.21 Å². The molecule has 0 aromatic rings. The molecule has 2 aliphatic rings. The van der Waals surface area contributed by atoms with Gasteiger partial charge in [-0.3, -0.25) is 4.21 Å². The zero-order valence-electron chi connectivity index (χ0n) is 10.6. The Morgan fingerprint density at radius 1 is 1.12 bits per heavy atom. The third-order valence-corrected chi connectivity index (χ3v) is 6.10. The van der Waals surface area contributed by atoms with Crippen LogP contribution in [0.1, 0.15) is 44.9 Å². The zero-order valence-corrected chi connectivity index (χ0v) is 11.4. The molecular formula is C13H25NO2S. The van der Waals surface area contributed by atoms with Gasteiger partial charge in [0.05, 0.1) is 11.9 Å². The van der Waals surface area contributed by atoms with E-state index in [0.717, 1.165) is 31.6 Å². The number of ether oxygens (including phenoxy) is 1. The third kappa shape index (κ3) is 3.76. The van der Waals surface area contributed by atoms with Crippen LogP contribution in [0.15, 0.2) is 0 Å². The predicted octanol–water partition coefficient (Wildman–Crippen LogP) is 1.82. The quantitative estimate of drug-likeness (QED) is 0.784. The Hall–Kier alpha value is 0.0700. The van der Waals surface area contributed by atoms with Crippen LogP contribution in [0.2, 0.25) is 0 Å². The van der Waals surface area contributed by atoms with Crippen molar-refractivity contribution in [2.45, 2.75) is 56.3 Å². The summed E-state index contributed by atoms with van der Waals surface area (Å²) >= 11 is 0. The van der Waals surface area contributed by atoms with Crippen molar-refractivity contribution < 1.29 is 8.95 Å². The van der Waals surface area contributed by atoms with Crippen LogP contribution in [-0.4, -0.2) is 34.5 Å². The van der Waals surface area contributed by atoms with E-state index in [-0.39, 0.29) is 6.10 Å². The van der Waals surface area contributed by atoms with Crippen molar-refractivity contribution >= 4 is 10.8 Å². The van der Waals surface area contributed by atoms with Gasteiger partial charge in [0.25, 0.3) is 0 Å². The van der Waals surface area contributed by atoms with E-state index in [1.165, 1.54) is 25.7 Å². The first kappa shape index (κ1) is 13.5. The van der Waals surface area contributed by atoms with E-state index in [1.54, 1.807) is 0 Å². The van der Waals surface area contributed by atoms with Gasteiger partial charge in [0.1, 0.15) is 0 Å². The molecule has 17 heavy (non-hydrogen) atoms. The van der Waals surface area contributed by atoms with E-state index in [2.05, 4.69) is 0 Å². The van der Waals surface area contributed by atoms with Gasteiger partial charge in [-0.25, -0.2) is 0 Å². The van der Waals surface area contributed by atoms with Gasteiger partial charge in [0.15, 0.2) is 0 Å². The molecule has 1 saturated heterocycles. The molecular weight excluding hydrogens is 234 g/mol. The molecule has 100 valence electrons. The predicted molar refractivity (Wildman–Crippen MR) is 71.4 cm³/mol. The Labute approximate surface area is 107 Å². The maximum Gasteiger partial charge on any atom is 0.0691 e. The van der Waals surface area contributed by atoms with Gasteiger partial charge < -0.3 is 10.5 Å². The van der Waals surface area contributed by atoms with E-state index < -0.39 is 10.8 Å². The smallest absolute Gasteiger partial charge is 0.0691 e. The van der Waals surface area contributed by atoms with Crippen molar-refractivity contribution in [2.24, 2.45) is 11.7 Å². The molecule has 0 bridgehead atoms. The lowest BCUT2D eigenvalue weighted by Gasteiger charge is -2.24. The molecule has 4 atom stereocenters. The minimum Gasteiger partial charge on any atom is -0.377 e. The summed E-state index contributed by atoms with van der Waals surface area (Å²) in [6.45, 7) is 1.55. The van der Waals surface area contributed by atoms with Crippen LogP contribution in [0.4, 0.5) is 0 Å². The van der Waals surface area contributed by atoms with E-state index in [0.29, 0.717) is 17.7 Å². The summed E-state index contributed by atoms with van der Waals surface area (Å²) in [6, 6.07) is 0. The molecule has 0 aromatic heterocycles. The van der Waals surface area contributed by atoms with Gasteiger partial charge in [0, 0.05) is 22.7 Å². The van der Waals surface area contributed by atoms with Gasteiger partial charge in [0.2, 0.25) is 0 Å². The van der Waals surface area contributed by atoms with Crippen molar-refractivity contribution in [2.75, 3.05) is 18.9 Å². The molecule has 2 fully saturated rings. The van der Waals surface area contributed by atoms with Gasteiger partial charge >= 0.3 is 0 Å². The Kier molecular flexibility index (Phi) is 5.45. The molecule has 4 heteroatoms. The molecule has 1 heterocycles. The second-order valence-electron chi connectivity index (χ2n) is 5.35. The Bertz CT molecular complexity index is 254. The van der Waals surface area contributed by atoms with Crippen LogP contribution < -0.4 is 5.73 Å². The lowest BCUT2D eigenvalue weighted by molar-refractivity contribution is 0.128. The normalized spacial score (nSPS) is 36.6. The summed E-state index contributed by atoms with van der Waals surface area (Å²) in [5.41, 5.74) is 5.84. The standard InChI is InChI=1S/C13H25NO2S/c14-9-11-5-2-1-3-7-13(11)17(15)10-12-6-4-8-16-12/h11-13H,1-10,14H2. The van der Waals surface area contributed by atoms with E-state index in [1.807, 2.05) is 0 Å². The first-order valence-electron chi connectivity index (χ1n) is 7.00. The fraction of sp³-hybridized carbons (Fsp3) is 1.00. The van der Waals surface area contributed by atoms with Gasteiger partial charge in [-0.1, -0.05) is 19.3 Å². The van der Waals surface area contributed by atoms with Gasteiger partial charge in [-0.2, -0.15) is 0 Å². The van der Waals surface area contributed by atoms with Gasteiger partial charge in [-0.15, -0.1) is 0 Å². The van der Waals surface area contributed by atoms with E-state index >= 15 is 0 Å². The Morgan fingerprint density at radius 2 is 1.94 bits per heavy atom. The summed E-state index contributed by atoms with van der Waals surface area (Å²) in [4.78, 5) is 0. The second-order valence-corrected chi connectivity index (χ2v) is 7.05. The van der Waals surface area contributed by atoms with Crippen LogP contribution in [0.25, 0.3) is 0 Å². The minimum atomic E-state index is -0.742. The maximum atomic E-state index is 12.5. The van der Waals surface area contributed by atoms with Crippen molar-refractivity contribution in [1.29, 1.82) is 0 Å². The van der Waals surface area contributed by atoms with Crippen LogP contribution in [0.3, 0.4) is 0 Å². The highest BCUT2D eigenvalue weighted by Gasteiger charge is 2.30. The van der Waals surface area contributed by atoms with Crippen LogP contribution in [0.5, 0.6) is 0 Å². The summed E-state index contributed by atoms with van der Waals surface area (Å²) in [5, 5.41) is 0.326. The van der Waals surface area contributed by atoms with Crippen molar-refractivity contribution in [3.05, 3.63) is 0 Å². The van der Waals surface area contributed by atoms with Gasteiger partial charge in [-0.05, 0) is 38.1 Å². The van der Waals surface area contributed by atoms with Crippen molar-refractivity contribution in [1.82, 2.24) is 0 Å². The topological polar surface area (TPSA) is 52.3 Å². The molecule has 2 N–H and O–H groups in total. The Balaban J connectivity index is 1.89. The largest absolute Gasteiger partial charge is 0.377 e. The zero-order chi connectivity index (χ0) is 12.1. The molecule has 0 amide bonds. The molecule has 2 rings (SSSR count). The average Bonchev–Trinajstić information content (AvgIpc) is 2.71. The lowest BCUT2D eigenvalue weighted by atomic mass is 10.0. The Morgan fingerprint density at radius 3 is 2.65 bits per heavy atom. The molecule has 0 spiro atoms. The third-order valence-electron chi connectivity index (χ3n) is 4.10. The number of hydrogen-bond donors (Lipinski definition) is 1. The monoisotopic (exact) mass is 259 g/mol. The van der Waals surface area contributed by atoms with E-state index in [4.69, 9.17) is 10.5 Å². The summed E-state index contributed by atoms with van der Waals surface area (Å²) < 4.78 is 18.0. The average molecular weight is 259 g/mol. The fourth-order valence-corrected chi connectivity index (χ4v) is 5.03. The minimum absolute atomic E-state index is 0.248. The summed E-state index contributed by atoms with van der Waals surface area (Å²) in [6.07, 6.45) is 8.49. The molecule has 1 saturated carbocycles. The highest BCUT2D eigenvalue weighted by molar-refractivity contribution is 7.85. The molecule has 4 unspecified atom stereocenters. The molecule has 1 aliphatic heterocycles. The second kappa shape index (κ2) is 6.86. The number of hydrogen-bond acceptors (Lipinski definition) is 3. The highest BCUT2D eigenvalue weighted by atomic mass is 32.2. The number of nitrogens with two attached hydrogens (primary N) is 1. The first-order chi connectivity index (χ1) is 8.31.